The summed E-state index contributed by atoms with van der Waals surface area (Å²) in [5.41, 5.74) is 9.69. The van der Waals surface area contributed by atoms with Crippen LogP contribution in [0.25, 0.3) is 22.6 Å². The number of nitrogens with one attached hydrogen (secondary N) is 2. The molecule has 1 aromatic carbocycles. The fourth-order valence-corrected chi connectivity index (χ4v) is 3.13. The standard InChI is InChI=1S/C18H17Cl2N5O/c1-3-9-4-5-10(19)6-11(9)15-12(17(26)22-2)7-14(24-15)16-13(20)8-23-18(21)25-16/h4-8,24H,3H2,1-2H3,(H,22,26)(H2,21,23,25). The smallest absolute Gasteiger partial charge is 0.253 e. The summed E-state index contributed by atoms with van der Waals surface area (Å²) >= 11 is 12.4. The molecule has 0 saturated heterocycles. The summed E-state index contributed by atoms with van der Waals surface area (Å²) in [4.78, 5) is 23.7. The van der Waals surface area contributed by atoms with Gasteiger partial charge in [-0.25, -0.2) is 9.97 Å². The van der Waals surface area contributed by atoms with E-state index >= 15 is 0 Å². The number of halogens is 2. The van der Waals surface area contributed by atoms with E-state index in [-0.39, 0.29) is 11.9 Å². The van der Waals surface area contributed by atoms with Crippen LogP contribution in [0.3, 0.4) is 0 Å². The van der Waals surface area contributed by atoms with Crippen LogP contribution in [0.15, 0.2) is 30.5 Å². The van der Waals surface area contributed by atoms with Gasteiger partial charge in [-0.3, -0.25) is 4.79 Å². The third kappa shape index (κ3) is 3.38. The molecule has 0 unspecified atom stereocenters. The number of aromatic nitrogens is 3. The van der Waals surface area contributed by atoms with E-state index in [0.717, 1.165) is 17.5 Å². The van der Waals surface area contributed by atoms with Crippen LogP contribution in [-0.2, 0) is 6.42 Å². The van der Waals surface area contributed by atoms with E-state index in [4.69, 9.17) is 28.9 Å². The first-order valence-corrected chi connectivity index (χ1v) is 8.72. The number of hydrogen-bond acceptors (Lipinski definition) is 4. The largest absolute Gasteiger partial charge is 0.368 e. The number of H-pyrrole nitrogens is 1. The van der Waals surface area contributed by atoms with Gasteiger partial charge in [0.2, 0.25) is 5.95 Å². The fourth-order valence-electron chi connectivity index (χ4n) is 2.77. The van der Waals surface area contributed by atoms with Crippen molar-refractivity contribution in [1.82, 2.24) is 20.3 Å². The van der Waals surface area contributed by atoms with Gasteiger partial charge in [-0.2, -0.15) is 0 Å². The molecule has 8 heteroatoms. The van der Waals surface area contributed by atoms with Crippen molar-refractivity contribution in [1.29, 1.82) is 0 Å². The lowest BCUT2D eigenvalue weighted by Crippen LogP contribution is -2.18. The number of aryl methyl sites for hydroxylation is 1. The first-order valence-electron chi connectivity index (χ1n) is 7.96. The van der Waals surface area contributed by atoms with Crippen molar-refractivity contribution in [3.63, 3.8) is 0 Å². The molecule has 26 heavy (non-hydrogen) atoms. The van der Waals surface area contributed by atoms with E-state index in [2.05, 4.69) is 20.3 Å². The van der Waals surface area contributed by atoms with Crippen LogP contribution in [0.4, 0.5) is 5.95 Å². The summed E-state index contributed by atoms with van der Waals surface area (Å²) in [6.45, 7) is 2.04. The van der Waals surface area contributed by atoms with Crippen molar-refractivity contribution in [2.24, 2.45) is 0 Å². The second-order valence-corrected chi connectivity index (χ2v) is 6.47. The molecule has 0 aliphatic carbocycles. The maximum Gasteiger partial charge on any atom is 0.253 e. The Morgan fingerprint density at radius 1 is 1.31 bits per heavy atom. The van der Waals surface area contributed by atoms with E-state index in [0.29, 0.717) is 32.7 Å². The Labute approximate surface area is 160 Å². The van der Waals surface area contributed by atoms with Crippen molar-refractivity contribution in [3.8, 4) is 22.6 Å². The SMILES string of the molecule is CCc1ccc(Cl)cc1-c1[nH]c(-c2nc(N)ncc2Cl)cc1C(=O)NC. The quantitative estimate of drug-likeness (QED) is 0.629. The predicted octanol–water partition coefficient (Wildman–Crippen LogP) is 3.95. The number of nitrogen functional groups attached to an aromatic ring is 1. The zero-order valence-corrected chi connectivity index (χ0v) is 15.7. The van der Waals surface area contributed by atoms with Crippen LogP contribution in [0.2, 0.25) is 10.0 Å². The van der Waals surface area contributed by atoms with Gasteiger partial charge in [0, 0.05) is 17.6 Å². The molecular formula is C18H17Cl2N5O. The van der Waals surface area contributed by atoms with E-state index in [1.807, 2.05) is 25.1 Å². The van der Waals surface area contributed by atoms with Gasteiger partial charge in [-0.15, -0.1) is 0 Å². The molecular weight excluding hydrogens is 373 g/mol. The Morgan fingerprint density at radius 2 is 2.08 bits per heavy atom. The van der Waals surface area contributed by atoms with E-state index in [1.165, 1.54) is 6.20 Å². The minimum atomic E-state index is -0.234. The van der Waals surface area contributed by atoms with Crippen LogP contribution in [0.1, 0.15) is 22.8 Å². The van der Waals surface area contributed by atoms with Crippen LogP contribution in [0, 0.1) is 0 Å². The summed E-state index contributed by atoms with van der Waals surface area (Å²) in [6, 6.07) is 7.30. The number of carbonyl (C=O) groups is 1. The van der Waals surface area contributed by atoms with E-state index < -0.39 is 0 Å². The Kier molecular flexibility index (Phi) is 5.15. The van der Waals surface area contributed by atoms with Crippen LogP contribution >= 0.6 is 23.2 Å². The summed E-state index contributed by atoms with van der Waals surface area (Å²) in [5, 5.41) is 3.57. The van der Waals surface area contributed by atoms with Gasteiger partial charge in [-0.1, -0.05) is 36.2 Å². The number of carbonyl (C=O) groups excluding carboxylic acids is 1. The Hall–Kier alpha value is -2.57. The highest BCUT2D eigenvalue weighted by molar-refractivity contribution is 6.33. The van der Waals surface area contributed by atoms with E-state index in [1.54, 1.807) is 13.1 Å². The van der Waals surface area contributed by atoms with Crippen LogP contribution in [-0.4, -0.2) is 27.9 Å². The molecule has 6 nitrogen and oxygen atoms in total. The fraction of sp³-hybridized carbons (Fsp3) is 0.167. The minimum absolute atomic E-state index is 0.0963. The number of benzene rings is 1. The normalized spacial score (nSPS) is 10.8. The molecule has 2 heterocycles. The summed E-state index contributed by atoms with van der Waals surface area (Å²) in [5.74, 6) is -0.137. The first kappa shape index (κ1) is 18.2. The number of hydrogen-bond donors (Lipinski definition) is 3. The van der Waals surface area contributed by atoms with Gasteiger partial charge in [-0.05, 0) is 30.2 Å². The second-order valence-electron chi connectivity index (χ2n) is 5.63. The molecule has 3 rings (SSSR count). The van der Waals surface area contributed by atoms with Gasteiger partial charge >= 0.3 is 0 Å². The Bertz CT molecular complexity index is 984. The highest BCUT2D eigenvalue weighted by Gasteiger charge is 2.20. The third-order valence-corrected chi connectivity index (χ3v) is 4.54. The molecule has 134 valence electrons. The molecule has 2 aromatic heterocycles. The number of aromatic amines is 1. The monoisotopic (exact) mass is 389 g/mol. The molecule has 0 aliphatic heterocycles. The van der Waals surface area contributed by atoms with Crippen molar-refractivity contribution < 1.29 is 4.79 Å². The molecule has 1 amide bonds. The summed E-state index contributed by atoms with van der Waals surface area (Å²) in [7, 11) is 1.58. The molecule has 3 aromatic rings. The molecule has 0 fully saturated rings. The lowest BCUT2D eigenvalue weighted by Gasteiger charge is -2.09. The molecule has 0 bridgehead atoms. The molecule has 4 N–H and O–H groups in total. The highest BCUT2D eigenvalue weighted by atomic mass is 35.5. The van der Waals surface area contributed by atoms with Gasteiger partial charge < -0.3 is 16.0 Å². The number of nitrogens with zero attached hydrogens (tertiary/aromatic N) is 2. The third-order valence-electron chi connectivity index (χ3n) is 4.03. The lowest BCUT2D eigenvalue weighted by atomic mass is 10.00. The highest BCUT2D eigenvalue weighted by Crippen LogP contribution is 2.34. The first-order chi connectivity index (χ1) is 12.4. The maximum atomic E-state index is 12.4. The molecule has 0 saturated carbocycles. The van der Waals surface area contributed by atoms with Crippen LogP contribution in [0.5, 0.6) is 0 Å². The predicted molar refractivity (Wildman–Crippen MR) is 104 cm³/mol. The van der Waals surface area contributed by atoms with Gasteiger partial charge in [0.1, 0.15) is 5.69 Å². The number of nitrogens with two attached hydrogens (primary N) is 1. The van der Waals surface area contributed by atoms with Crippen molar-refractivity contribution >= 4 is 35.1 Å². The summed E-state index contributed by atoms with van der Waals surface area (Å²) in [6.07, 6.45) is 2.21. The molecule has 0 atom stereocenters. The Morgan fingerprint density at radius 3 is 2.77 bits per heavy atom. The Balaban J connectivity index is 2.26. The molecule has 0 radical (unpaired) electrons. The van der Waals surface area contributed by atoms with E-state index in [9.17, 15) is 4.79 Å². The average molecular weight is 390 g/mol. The topological polar surface area (TPSA) is 96.7 Å². The van der Waals surface area contributed by atoms with Gasteiger partial charge in [0.25, 0.3) is 5.91 Å². The number of amides is 1. The molecule has 0 aliphatic rings. The van der Waals surface area contributed by atoms with Crippen molar-refractivity contribution in [2.75, 3.05) is 12.8 Å². The van der Waals surface area contributed by atoms with Gasteiger partial charge in [0.05, 0.1) is 28.2 Å². The van der Waals surface area contributed by atoms with Gasteiger partial charge in [0.15, 0.2) is 0 Å². The summed E-state index contributed by atoms with van der Waals surface area (Å²) < 4.78 is 0. The lowest BCUT2D eigenvalue weighted by molar-refractivity contribution is 0.0964. The van der Waals surface area contributed by atoms with Crippen molar-refractivity contribution in [2.45, 2.75) is 13.3 Å². The number of rotatable bonds is 4. The van der Waals surface area contributed by atoms with Crippen LogP contribution < -0.4 is 11.1 Å². The second kappa shape index (κ2) is 7.35. The number of anilines is 1. The zero-order chi connectivity index (χ0) is 18.8. The van der Waals surface area contributed by atoms with Crippen molar-refractivity contribution in [3.05, 3.63) is 51.6 Å². The average Bonchev–Trinajstić information content (AvgIpc) is 3.08. The minimum Gasteiger partial charge on any atom is -0.368 e. The zero-order valence-electron chi connectivity index (χ0n) is 14.2. The maximum absolute atomic E-state index is 12.4. The molecule has 0 spiro atoms.